The fourth-order valence-corrected chi connectivity index (χ4v) is 4.92. The number of alkyl halides is 3. The lowest BCUT2D eigenvalue weighted by atomic mass is 10.1. The van der Waals surface area contributed by atoms with E-state index in [9.17, 15) is 33.0 Å². The zero-order valence-corrected chi connectivity index (χ0v) is 21.6. The van der Waals surface area contributed by atoms with Crippen LogP contribution in [0.25, 0.3) is 5.69 Å². The first-order valence-electron chi connectivity index (χ1n) is 11.7. The average molecular weight is 583 g/mol. The van der Waals surface area contributed by atoms with E-state index < -0.39 is 37.4 Å². The Labute approximate surface area is 229 Å². The number of urea groups is 1. The first-order valence-corrected chi connectivity index (χ1v) is 12.4. The maximum absolute atomic E-state index is 13.1. The summed E-state index contributed by atoms with van der Waals surface area (Å²) in [6.45, 7) is -1.50. The van der Waals surface area contributed by atoms with Crippen molar-refractivity contribution < 1.29 is 37.5 Å². The molecule has 2 aliphatic heterocycles. The minimum Gasteiger partial charge on any atom is -0.387 e. The van der Waals surface area contributed by atoms with Crippen LogP contribution in [0.15, 0.2) is 48.5 Å². The number of halogens is 5. The monoisotopic (exact) mass is 582 g/mol. The smallest absolute Gasteiger partial charge is 0.387 e. The zero-order chi connectivity index (χ0) is 28.1. The van der Waals surface area contributed by atoms with Gasteiger partial charge in [-0.2, -0.15) is 27.7 Å². The van der Waals surface area contributed by atoms with Crippen molar-refractivity contribution in [1.82, 2.24) is 19.6 Å². The molecule has 2 aromatic carbocycles. The summed E-state index contributed by atoms with van der Waals surface area (Å²) >= 11 is 12.1. The van der Waals surface area contributed by atoms with Crippen molar-refractivity contribution in [1.29, 1.82) is 0 Å². The molecule has 0 bridgehead atoms. The van der Waals surface area contributed by atoms with E-state index in [1.807, 2.05) is 0 Å². The van der Waals surface area contributed by atoms with Crippen LogP contribution < -0.4 is 0 Å². The molecule has 0 unspecified atom stereocenters. The van der Waals surface area contributed by atoms with Crippen LogP contribution in [0.3, 0.4) is 0 Å². The Hall–Kier alpha value is -3.45. The van der Waals surface area contributed by atoms with Gasteiger partial charge in [-0.25, -0.2) is 9.48 Å². The summed E-state index contributed by atoms with van der Waals surface area (Å²) in [6.07, 6.45) is -7.65. The Kier molecular flexibility index (Phi) is 7.14. The first kappa shape index (κ1) is 27.1. The SMILES string of the molecule is O=C(CO)N1Cc2c(C[N+]3=C(c4ccc(Cl)cc4)N(C[C@H](O)C(F)(F)F)C3=O)nn(-c3cccc(Cl)c3)c2C1. The molecule has 3 heterocycles. The second kappa shape index (κ2) is 10.3. The number of carbonyl (C=O) groups is 2. The van der Waals surface area contributed by atoms with Gasteiger partial charge in [0.15, 0.2) is 6.10 Å². The fourth-order valence-electron chi connectivity index (χ4n) is 4.60. The third-order valence-electron chi connectivity index (χ3n) is 6.52. The van der Waals surface area contributed by atoms with E-state index in [-0.39, 0.29) is 25.5 Å². The van der Waals surface area contributed by atoms with Gasteiger partial charge in [-0.05, 0) is 42.5 Å². The maximum atomic E-state index is 13.1. The number of amidine groups is 1. The Morgan fingerprint density at radius 3 is 2.46 bits per heavy atom. The lowest BCUT2D eigenvalue weighted by Gasteiger charge is -2.32. The van der Waals surface area contributed by atoms with Gasteiger partial charge in [-0.1, -0.05) is 29.3 Å². The van der Waals surface area contributed by atoms with Crippen LogP contribution in [0.2, 0.25) is 10.0 Å². The van der Waals surface area contributed by atoms with E-state index in [1.165, 1.54) is 21.6 Å². The highest BCUT2D eigenvalue weighted by molar-refractivity contribution is 6.31. The van der Waals surface area contributed by atoms with Crippen LogP contribution in [-0.4, -0.2) is 77.6 Å². The Morgan fingerprint density at radius 1 is 1.10 bits per heavy atom. The van der Waals surface area contributed by atoms with Crippen LogP contribution in [-0.2, 0) is 24.4 Å². The Balaban J connectivity index is 1.57. The van der Waals surface area contributed by atoms with Crippen LogP contribution in [0.5, 0.6) is 0 Å². The normalized spacial score (nSPS) is 16.0. The van der Waals surface area contributed by atoms with Gasteiger partial charge < -0.3 is 15.1 Å². The van der Waals surface area contributed by atoms with Crippen molar-refractivity contribution in [3.63, 3.8) is 0 Å². The van der Waals surface area contributed by atoms with Crippen LogP contribution in [0.1, 0.15) is 22.5 Å². The highest BCUT2D eigenvalue weighted by Gasteiger charge is 2.50. The summed E-state index contributed by atoms with van der Waals surface area (Å²) in [5.41, 5.74) is 2.73. The predicted molar refractivity (Wildman–Crippen MR) is 134 cm³/mol. The van der Waals surface area contributed by atoms with Crippen molar-refractivity contribution in [2.24, 2.45) is 0 Å². The number of nitrogens with zero attached hydrogens (tertiary/aromatic N) is 5. The largest absolute Gasteiger partial charge is 0.446 e. The molecule has 5 rings (SSSR count). The molecule has 0 saturated heterocycles. The van der Waals surface area contributed by atoms with Gasteiger partial charge in [0.05, 0.1) is 24.5 Å². The van der Waals surface area contributed by atoms with Crippen molar-refractivity contribution in [3.05, 3.63) is 81.1 Å². The summed E-state index contributed by atoms with van der Waals surface area (Å²) in [5, 5.41) is 24.5. The topological polar surface area (TPSA) is 102 Å². The van der Waals surface area contributed by atoms with Gasteiger partial charge in [0.25, 0.3) is 0 Å². The molecule has 0 aliphatic carbocycles. The summed E-state index contributed by atoms with van der Waals surface area (Å²) < 4.78 is 42.1. The second-order valence-corrected chi connectivity index (χ2v) is 9.91. The van der Waals surface area contributed by atoms with Crippen molar-refractivity contribution in [2.45, 2.75) is 31.9 Å². The zero-order valence-electron chi connectivity index (χ0n) is 20.1. The molecule has 3 amide bonds. The molecule has 1 atom stereocenters. The Bertz CT molecular complexity index is 1490. The molecule has 14 heteroatoms. The van der Waals surface area contributed by atoms with Gasteiger partial charge in [-0.3, -0.25) is 4.79 Å². The highest BCUT2D eigenvalue weighted by Crippen LogP contribution is 2.31. The maximum Gasteiger partial charge on any atom is 0.446 e. The van der Waals surface area contributed by atoms with E-state index in [2.05, 4.69) is 5.10 Å². The molecule has 0 saturated carbocycles. The lowest BCUT2D eigenvalue weighted by molar-refractivity contribution is -0.484. The van der Waals surface area contributed by atoms with Gasteiger partial charge >= 0.3 is 12.2 Å². The molecular weight excluding hydrogens is 562 g/mol. The fraction of sp³-hybridized carbons (Fsp3) is 0.280. The summed E-state index contributed by atoms with van der Waals surface area (Å²) in [7, 11) is 0. The van der Waals surface area contributed by atoms with Gasteiger partial charge in [0.2, 0.25) is 11.7 Å². The van der Waals surface area contributed by atoms with E-state index in [1.54, 1.807) is 41.1 Å². The van der Waals surface area contributed by atoms with Gasteiger partial charge in [0, 0.05) is 21.2 Å². The predicted octanol–water partition coefficient (Wildman–Crippen LogP) is 3.33. The summed E-state index contributed by atoms with van der Waals surface area (Å²) in [4.78, 5) is 27.6. The number of hydrogen-bond acceptors (Lipinski definition) is 5. The number of aromatic nitrogens is 2. The number of hydrogen-bond donors (Lipinski definition) is 2. The van der Waals surface area contributed by atoms with Crippen LogP contribution in [0, 0.1) is 0 Å². The third kappa shape index (κ3) is 5.12. The van der Waals surface area contributed by atoms with Crippen LogP contribution >= 0.6 is 23.2 Å². The van der Waals surface area contributed by atoms with E-state index >= 15 is 0 Å². The molecule has 3 aromatic rings. The molecule has 9 nitrogen and oxygen atoms in total. The van der Waals surface area contributed by atoms with Crippen molar-refractivity contribution >= 4 is 41.0 Å². The number of rotatable bonds is 7. The molecule has 0 fully saturated rings. The van der Waals surface area contributed by atoms with E-state index in [4.69, 9.17) is 23.2 Å². The third-order valence-corrected chi connectivity index (χ3v) is 7.01. The molecule has 2 N–H and O–H groups in total. The average Bonchev–Trinajstić information content (AvgIpc) is 3.47. The van der Waals surface area contributed by atoms with Crippen molar-refractivity contribution in [3.8, 4) is 5.69 Å². The van der Waals surface area contributed by atoms with Gasteiger partial charge in [-0.15, -0.1) is 0 Å². The minimum atomic E-state index is -4.91. The Morgan fingerprint density at radius 2 is 1.82 bits per heavy atom. The standard InChI is InChI=1S/C25H21Cl2F3N5O4/c26-15-6-4-14(5-7-15)23-33(24(39)34(23)12-21(37)25(28,29)30)10-19-18-9-32(22(38)13-36)11-20(18)35(31-19)17-3-1-2-16(27)8-17/h1-8,21,36-37H,9-13H2/q+1/t21-/m0/s1. The number of β-amino-alcohol motifs (C(OH)–C–C–N with tert-alkyl or cyclic N) is 1. The first-order chi connectivity index (χ1) is 18.5. The number of benzene rings is 2. The molecule has 0 spiro atoms. The minimum absolute atomic E-state index is 0.119. The van der Waals surface area contributed by atoms with Gasteiger partial charge in [0.1, 0.15) is 25.4 Å². The van der Waals surface area contributed by atoms with Crippen LogP contribution in [0.4, 0.5) is 18.0 Å². The number of amides is 3. The molecule has 2 aliphatic rings. The lowest BCUT2D eigenvalue weighted by Crippen LogP contribution is -2.60. The number of carbonyl (C=O) groups excluding carboxylic acids is 2. The molecule has 0 radical (unpaired) electrons. The number of aliphatic hydroxyl groups is 2. The summed E-state index contributed by atoms with van der Waals surface area (Å²) in [6, 6.07) is 12.3. The number of fused-ring (bicyclic) bond motifs is 1. The quantitative estimate of drug-likeness (QED) is 0.416. The molecule has 39 heavy (non-hydrogen) atoms. The molecule has 1 aromatic heterocycles. The summed E-state index contributed by atoms with van der Waals surface area (Å²) in [5.74, 6) is -0.345. The molecular formula is C25H21Cl2F3N5O4+. The highest BCUT2D eigenvalue weighted by atomic mass is 35.5. The second-order valence-electron chi connectivity index (χ2n) is 9.04. The van der Waals surface area contributed by atoms with E-state index in [0.717, 1.165) is 4.90 Å². The number of aliphatic hydroxyl groups excluding tert-OH is 2. The van der Waals surface area contributed by atoms with E-state index in [0.29, 0.717) is 38.2 Å². The molecule has 204 valence electrons. The van der Waals surface area contributed by atoms with Crippen molar-refractivity contribution in [2.75, 3.05) is 13.2 Å².